The van der Waals surface area contributed by atoms with E-state index in [9.17, 15) is 4.39 Å². The van der Waals surface area contributed by atoms with Crippen LogP contribution in [-0.2, 0) is 13.2 Å². The minimum atomic E-state index is -0.338. The Kier molecular flexibility index (Phi) is 6.16. The Morgan fingerprint density at radius 3 is 2.82 bits per heavy atom. The van der Waals surface area contributed by atoms with Crippen LogP contribution in [0.5, 0.6) is 0 Å². The first-order valence-electron chi connectivity index (χ1n) is 6.29. The predicted molar refractivity (Wildman–Crippen MR) is 68.1 cm³/mol. The van der Waals surface area contributed by atoms with E-state index in [4.69, 9.17) is 5.11 Å². The molecule has 0 bridgehead atoms. The van der Waals surface area contributed by atoms with E-state index in [2.05, 4.69) is 19.2 Å². The molecule has 3 heteroatoms. The van der Waals surface area contributed by atoms with E-state index in [1.807, 2.05) is 0 Å². The Balaban J connectivity index is 2.46. The number of hydrogen-bond donors (Lipinski definition) is 2. The number of unbranched alkanes of at least 4 members (excludes halogenated alkanes) is 1. The van der Waals surface area contributed by atoms with Gasteiger partial charge in [-0.1, -0.05) is 25.8 Å². The molecule has 0 aliphatic rings. The Hall–Kier alpha value is -0.930. The van der Waals surface area contributed by atoms with Crippen LogP contribution in [0, 0.1) is 5.82 Å². The molecule has 1 atom stereocenters. The lowest BCUT2D eigenvalue weighted by Crippen LogP contribution is -2.25. The van der Waals surface area contributed by atoms with E-state index in [1.165, 1.54) is 18.9 Å². The molecule has 0 spiro atoms. The van der Waals surface area contributed by atoms with Crippen molar-refractivity contribution in [3.63, 3.8) is 0 Å². The molecule has 0 radical (unpaired) electrons. The maximum atomic E-state index is 13.2. The smallest absolute Gasteiger partial charge is 0.128 e. The second-order valence-corrected chi connectivity index (χ2v) is 4.51. The third-order valence-corrected chi connectivity index (χ3v) is 2.93. The number of halogens is 1. The van der Waals surface area contributed by atoms with Crippen LogP contribution < -0.4 is 5.32 Å². The topological polar surface area (TPSA) is 32.3 Å². The zero-order valence-corrected chi connectivity index (χ0v) is 10.7. The molecule has 0 saturated carbocycles. The van der Waals surface area contributed by atoms with Gasteiger partial charge in [0.25, 0.3) is 0 Å². The number of hydrogen-bond acceptors (Lipinski definition) is 2. The molecule has 2 nitrogen and oxygen atoms in total. The average Bonchev–Trinajstić information content (AvgIpc) is 2.35. The Labute approximate surface area is 103 Å². The number of benzene rings is 1. The lowest BCUT2D eigenvalue weighted by atomic mass is 10.1. The zero-order valence-electron chi connectivity index (χ0n) is 10.7. The zero-order chi connectivity index (χ0) is 12.7. The molecule has 17 heavy (non-hydrogen) atoms. The van der Waals surface area contributed by atoms with Crippen molar-refractivity contribution in [2.75, 3.05) is 0 Å². The summed E-state index contributed by atoms with van der Waals surface area (Å²) in [5, 5.41) is 12.4. The second-order valence-electron chi connectivity index (χ2n) is 4.51. The van der Waals surface area contributed by atoms with Gasteiger partial charge in [0.1, 0.15) is 5.82 Å². The molecule has 1 aromatic carbocycles. The van der Waals surface area contributed by atoms with Gasteiger partial charge in [0, 0.05) is 18.2 Å². The number of aliphatic hydroxyl groups is 1. The molecule has 0 heterocycles. The number of rotatable bonds is 7. The molecule has 0 fully saturated rings. The minimum absolute atomic E-state index is 0.245. The summed E-state index contributed by atoms with van der Waals surface area (Å²) in [6, 6.07) is 5.36. The van der Waals surface area contributed by atoms with Gasteiger partial charge >= 0.3 is 0 Å². The summed E-state index contributed by atoms with van der Waals surface area (Å²) < 4.78 is 13.2. The molecule has 96 valence electrons. The van der Waals surface area contributed by atoms with Gasteiger partial charge in [-0.15, -0.1) is 0 Å². The van der Waals surface area contributed by atoms with Gasteiger partial charge in [0.05, 0.1) is 6.61 Å². The van der Waals surface area contributed by atoms with Gasteiger partial charge in [-0.25, -0.2) is 4.39 Å². The normalized spacial score (nSPS) is 12.7. The standard InChI is InChI=1S/C14H22FNO/c1-3-4-5-11(2)16-9-12-6-7-14(15)13(8-12)10-17/h6-8,11,16-17H,3-5,9-10H2,1-2H3. The van der Waals surface area contributed by atoms with Crippen molar-refractivity contribution >= 4 is 0 Å². The highest BCUT2D eigenvalue weighted by atomic mass is 19.1. The largest absolute Gasteiger partial charge is 0.392 e. The van der Waals surface area contributed by atoms with Crippen molar-refractivity contribution < 1.29 is 9.50 Å². The first-order chi connectivity index (χ1) is 8.17. The van der Waals surface area contributed by atoms with Crippen LogP contribution in [0.2, 0.25) is 0 Å². The summed E-state index contributed by atoms with van der Waals surface area (Å²) in [4.78, 5) is 0. The summed E-state index contributed by atoms with van der Waals surface area (Å²) in [5.41, 5.74) is 1.38. The molecule has 1 rings (SSSR count). The molecule has 1 aromatic rings. The van der Waals surface area contributed by atoms with Gasteiger partial charge in [-0.3, -0.25) is 0 Å². The van der Waals surface area contributed by atoms with Gasteiger partial charge in [0.15, 0.2) is 0 Å². The van der Waals surface area contributed by atoms with Crippen LogP contribution in [0.3, 0.4) is 0 Å². The minimum Gasteiger partial charge on any atom is -0.392 e. The van der Waals surface area contributed by atoms with Gasteiger partial charge in [-0.2, -0.15) is 0 Å². The maximum Gasteiger partial charge on any atom is 0.128 e. The molecule has 0 aliphatic carbocycles. The summed E-state index contributed by atoms with van der Waals surface area (Å²) in [6.07, 6.45) is 3.58. The third kappa shape index (κ3) is 4.84. The van der Waals surface area contributed by atoms with Crippen molar-refractivity contribution in [2.45, 2.75) is 52.3 Å². The highest BCUT2D eigenvalue weighted by molar-refractivity contribution is 5.24. The van der Waals surface area contributed by atoms with E-state index in [-0.39, 0.29) is 12.4 Å². The number of nitrogens with one attached hydrogen (secondary N) is 1. The van der Waals surface area contributed by atoms with Crippen molar-refractivity contribution in [2.24, 2.45) is 0 Å². The second kappa shape index (κ2) is 7.41. The van der Waals surface area contributed by atoms with E-state index in [0.717, 1.165) is 18.5 Å². The fourth-order valence-corrected chi connectivity index (χ4v) is 1.76. The summed E-state index contributed by atoms with van der Waals surface area (Å²) in [5.74, 6) is -0.338. The molecule has 2 N–H and O–H groups in total. The summed E-state index contributed by atoms with van der Waals surface area (Å²) in [6.45, 7) is 4.82. The molecule has 0 aromatic heterocycles. The summed E-state index contributed by atoms with van der Waals surface area (Å²) in [7, 11) is 0. The lowest BCUT2D eigenvalue weighted by Gasteiger charge is -2.13. The molecule has 0 amide bonds. The Morgan fingerprint density at radius 2 is 2.18 bits per heavy atom. The van der Waals surface area contributed by atoms with Crippen LogP contribution in [0.25, 0.3) is 0 Å². The van der Waals surface area contributed by atoms with Crippen LogP contribution in [0.4, 0.5) is 4.39 Å². The van der Waals surface area contributed by atoms with Gasteiger partial charge in [0.2, 0.25) is 0 Å². The fraction of sp³-hybridized carbons (Fsp3) is 0.571. The van der Waals surface area contributed by atoms with E-state index < -0.39 is 0 Å². The molecule has 1 unspecified atom stereocenters. The fourth-order valence-electron chi connectivity index (χ4n) is 1.76. The Bertz CT molecular complexity index is 341. The first-order valence-corrected chi connectivity index (χ1v) is 6.29. The molecular weight excluding hydrogens is 217 g/mol. The molecule has 0 saturated heterocycles. The van der Waals surface area contributed by atoms with E-state index >= 15 is 0 Å². The lowest BCUT2D eigenvalue weighted by molar-refractivity contribution is 0.275. The predicted octanol–water partition coefficient (Wildman–Crippen LogP) is 2.99. The monoisotopic (exact) mass is 239 g/mol. The summed E-state index contributed by atoms with van der Waals surface area (Å²) >= 11 is 0. The van der Waals surface area contributed by atoms with Gasteiger partial charge < -0.3 is 10.4 Å². The van der Waals surface area contributed by atoms with E-state index in [1.54, 1.807) is 12.1 Å². The van der Waals surface area contributed by atoms with Crippen LogP contribution in [-0.4, -0.2) is 11.1 Å². The Morgan fingerprint density at radius 1 is 1.41 bits per heavy atom. The average molecular weight is 239 g/mol. The third-order valence-electron chi connectivity index (χ3n) is 2.93. The highest BCUT2D eigenvalue weighted by Crippen LogP contribution is 2.11. The number of aliphatic hydroxyl groups excluding tert-OH is 1. The molecular formula is C14H22FNO. The van der Waals surface area contributed by atoms with Crippen molar-refractivity contribution in [1.82, 2.24) is 5.32 Å². The highest BCUT2D eigenvalue weighted by Gasteiger charge is 2.04. The van der Waals surface area contributed by atoms with Crippen molar-refractivity contribution in [1.29, 1.82) is 0 Å². The van der Waals surface area contributed by atoms with Crippen LogP contribution in [0.15, 0.2) is 18.2 Å². The first kappa shape index (κ1) is 14.1. The van der Waals surface area contributed by atoms with E-state index in [0.29, 0.717) is 11.6 Å². The van der Waals surface area contributed by atoms with Crippen LogP contribution >= 0.6 is 0 Å². The molecule has 0 aliphatic heterocycles. The van der Waals surface area contributed by atoms with Gasteiger partial charge in [-0.05, 0) is 31.0 Å². The van der Waals surface area contributed by atoms with Crippen molar-refractivity contribution in [3.05, 3.63) is 35.1 Å². The van der Waals surface area contributed by atoms with Crippen LogP contribution in [0.1, 0.15) is 44.2 Å². The SMILES string of the molecule is CCCCC(C)NCc1ccc(F)c(CO)c1. The maximum absolute atomic E-state index is 13.2. The van der Waals surface area contributed by atoms with Crippen molar-refractivity contribution in [3.8, 4) is 0 Å². The quantitative estimate of drug-likeness (QED) is 0.766.